The lowest BCUT2D eigenvalue weighted by Gasteiger charge is -2.18. The van der Waals surface area contributed by atoms with Crippen molar-refractivity contribution in [2.75, 3.05) is 0 Å². The first kappa shape index (κ1) is 18.1. The Balaban J connectivity index is 1.58. The quantitative estimate of drug-likeness (QED) is 0.524. The van der Waals surface area contributed by atoms with Crippen molar-refractivity contribution in [3.63, 3.8) is 0 Å². The maximum Gasteiger partial charge on any atom is 0.0840 e. The van der Waals surface area contributed by atoms with Gasteiger partial charge in [0, 0.05) is 10.9 Å². The molecule has 0 unspecified atom stereocenters. The summed E-state index contributed by atoms with van der Waals surface area (Å²) < 4.78 is 4.17. The van der Waals surface area contributed by atoms with Crippen LogP contribution in [0.5, 0.6) is 0 Å². The van der Waals surface area contributed by atoms with Crippen LogP contribution in [0, 0.1) is 0 Å². The second-order valence-corrected chi connectivity index (χ2v) is 8.44. The van der Waals surface area contributed by atoms with Gasteiger partial charge in [-0.1, -0.05) is 31.2 Å². The largest absolute Gasteiger partial charge is 0.386 e. The average Bonchev–Trinajstić information content (AvgIpc) is 3.32. The zero-order valence-electron chi connectivity index (χ0n) is 17.1. The predicted octanol–water partition coefficient (Wildman–Crippen LogP) is 5.01. The summed E-state index contributed by atoms with van der Waals surface area (Å²) in [4.78, 5) is 0. The molecule has 5 rings (SSSR count). The molecule has 0 atom stereocenters. The average molecular weight is 386 g/mol. The second-order valence-electron chi connectivity index (χ2n) is 8.44. The second kappa shape index (κ2) is 6.56. The minimum absolute atomic E-state index is 0.548. The molecule has 5 nitrogen and oxygen atoms in total. The van der Waals surface area contributed by atoms with Crippen molar-refractivity contribution in [1.82, 2.24) is 19.6 Å². The van der Waals surface area contributed by atoms with E-state index in [1.807, 2.05) is 41.2 Å². The highest BCUT2D eigenvalue weighted by Gasteiger charge is 2.27. The fourth-order valence-electron chi connectivity index (χ4n) is 3.96. The first-order valence-electron chi connectivity index (χ1n) is 10.3. The maximum atomic E-state index is 10.2. The number of rotatable bonds is 5. The number of benzene rings is 2. The van der Waals surface area contributed by atoms with Crippen molar-refractivity contribution in [3.8, 4) is 16.9 Å². The van der Waals surface area contributed by atoms with E-state index >= 15 is 0 Å². The molecule has 2 heterocycles. The highest BCUT2D eigenvalue weighted by molar-refractivity contribution is 5.86. The fraction of sp³-hybridized carbons (Fsp3) is 0.333. The van der Waals surface area contributed by atoms with Crippen molar-refractivity contribution < 1.29 is 5.11 Å². The minimum Gasteiger partial charge on any atom is -0.386 e. The van der Waals surface area contributed by atoms with Crippen LogP contribution in [0.15, 0.2) is 54.7 Å². The van der Waals surface area contributed by atoms with E-state index in [0.29, 0.717) is 6.04 Å². The topological polar surface area (TPSA) is 55.9 Å². The molecular weight excluding hydrogens is 360 g/mol. The first-order valence-corrected chi connectivity index (χ1v) is 10.3. The molecule has 1 aliphatic rings. The smallest absolute Gasteiger partial charge is 0.0840 e. The Morgan fingerprint density at radius 1 is 1.07 bits per heavy atom. The summed E-state index contributed by atoms with van der Waals surface area (Å²) in [5, 5.41) is 20.9. The molecule has 1 aliphatic carbocycles. The van der Waals surface area contributed by atoms with Gasteiger partial charge in [0.2, 0.25) is 0 Å². The fourth-order valence-corrected chi connectivity index (χ4v) is 3.96. The third kappa shape index (κ3) is 3.15. The number of aromatic nitrogens is 4. The van der Waals surface area contributed by atoms with E-state index in [2.05, 4.69) is 34.9 Å². The third-order valence-electron chi connectivity index (χ3n) is 5.77. The molecule has 0 bridgehead atoms. The number of aliphatic hydroxyl groups is 1. The zero-order chi connectivity index (χ0) is 20.2. The summed E-state index contributed by atoms with van der Waals surface area (Å²) in [6, 6.07) is 17.1. The van der Waals surface area contributed by atoms with Gasteiger partial charge in [-0.25, -0.2) is 4.68 Å². The van der Waals surface area contributed by atoms with Gasteiger partial charge in [0.1, 0.15) is 0 Å². The van der Waals surface area contributed by atoms with E-state index in [-0.39, 0.29) is 0 Å². The summed E-state index contributed by atoms with van der Waals surface area (Å²) in [6.45, 7) is 5.76. The summed E-state index contributed by atoms with van der Waals surface area (Å²) in [6.07, 6.45) is 5.21. The van der Waals surface area contributed by atoms with Gasteiger partial charge in [0.05, 0.1) is 40.4 Å². The monoisotopic (exact) mass is 386 g/mol. The Kier molecular flexibility index (Phi) is 4.10. The van der Waals surface area contributed by atoms with Crippen molar-refractivity contribution in [3.05, 3.63) is 66.0 Å². The van der Waals surface area contributed by atoms with Gasteiger partial charge in [-0.15, -0.1) is 0 Å². The van der Waals surface area contributed by atoms with Crippen LogP contribution in [0.25, 0.3) is 27.8 Å². The molecule has 0 radical (unpaired) electrons. The normalized spacial score (nSPS) is 14.6. The molecule has 1 fully saturated rings. The molecule has 4 aromatic rings. The summed E-state index contributed by atoms with van der Waals surface area (Å²) in [5.41, 5.74) is 5.57. The van der Waals surface area contributed by atoms with Crippen molar-refractivity contribution in [1.29, 1.82) is 0 Å². The Morgan fingerprint density at radius 3 is 2.48 bits per heavy atom. The lowest BCUT2D eigenvalue weighted by molar-refractivity contribution is 0.0786. The standard InChI is InChI=1S/C24H26N4O/c1-4-21-20-12-5-16(15-23(20)28(26-21)19-10-11-19)22-13-14-25-27(22)18-8-6-17(7-9-18)24(2,3)29/h5-9,12-15,19,29H,4,10-11H2,1-3H3. The maximum absolute atomic E-state index is 10.2. The van der Waals surface area contributed by atoms with Gasteiger partial charge in [-0.2, -0.15) is 10.2 Å². The van der Waals surface area contributed by atoms with Gasteiger partial charge >= 0.3 is 0 Å². The molecule has 1 N–H and O–H groups in total. The van der Waals surface area contributed by atoms with E-state index < -0.39 is 5.60 Å². The molecular formula is C24H26N4O. The van der Waals surface area contributed by atoms with Crippen LogP contribution in [0.2, 0.25) is 0 Å². The van der Waals surface area contributed by atoms with Crippen LogP contribution in [-0.4, -0.2) is 24.7 Å². The summed E-state index contributed by atoms with van der Waals surface area (Å²) in [7, 11) is 0. The van der Waals surface area contributed by atoms with Crippen LogP contribution in [-0.2, 0) is 12.0 Å². The summed E-state index contributed by atoms with van der Waals surface area (Å²) in [5.74, 6) is 0. The Morgan fingerprint density at radius 2 is 1.83 bits per heavy atom. The molecule has 0 amide bonds. The number of nitrogens with zero attached hydrogens (tertiary/aromatic N) is 4. The Bertz CT molecular complexity index is 1170. The Hall–Kier alpha value is -2.92. The lowest BCUT2D eigenvalue weighted by atomic mass is 9.98. The first-order chi connectivity index (χ1) is 14.0. The van der Waals surface area contributed by atoms with E-state index in [1.54, 1.807) is 13.8 Å². The minimum atomic E-state index is -0.852. The van der Waals surface area contributed by atoms with Gasteiger partial charge in [-0.3, -0.25) is 4.68 Å². The molecule has 2 aromatic heterocycles. The highest BCUT2D eigenvalue weighted by atomic mass is 16.3. The van der Waals surface area contributed by atoms with Crippen molar-refractivity contribution in [2.45, 2.75) is 51.7 Å². The molecule has 0 spiro atoms. The molecule has 148 valence electrons. The Labute approximate surface area is 170 Å². The molecule has 1 saturated carbocycles. The van der Waals surface area contributed by atoms with E-state index in [9.17, 15) is 5.11 Å². The van der Waals surface area contributed by atoms with Crippen molar-refractivity contribution in [2.24, 2.45) is 0 Å². The number of hydrogen-bond acceptors (Lipinski definition) is 3. The predicted molar refractivity (Wildman–Crippen MR) is 115 cm³/mol. The van der Waals surface area contributed by atoms with Crippen LogP contribution >= 0.6 is 0 Å². The van der Waals surface area contributed by atoms with Gasteiger partial charge < -0.3 is 5.11 Å². The molecule has 0 saturated heterocycles. The van der Waals surface area contributed by atoms with Crippen LogP contribution in [0.3, 0.4) is 0 Å². The van der Waals surface area contributed by atoms with E-state index in [4.69, 9.17) is 5.10 Å². The third-order valence-corrected chi connectivity index (χ3v) is 5.77. The highest BCUT2D eigenvalue weighted by Crippen LogP contribution is 2.38. The van der Waals surface area contributed by atoms with Gasteiger partial charge in [0.25, 0.3) is 0 Å². The summed E-state index contributed by atoms with van der Waals surface area (Å²) >= 11 is 0. The van der Waals surface area contributed by atoms with Crippen LogP contribution in [0.4, 0.5) is 0 Å². The van der Waals surface area contributed by atoms with Gasteiger partial charge in [-0.05, 0) is 62.9 Å². The number of aryl methyl sites for hydroxylation is 1. The van der Waals surface area contributed by atoms with Crippen LogP contribution < -0.4 is 0 Å². The SMILES string of the molecule is CCc1nn(C2CC2)c2cc(-c3ccnn3-c3ccc(C(C)(C)O)cc3)ccc12. The molecule has 2 aromatic carbocycles. The zero-order valence-corrected chi connectivity index (χ0v) is 17.1. The van der Waals surface area contributed by atoms with Crippen LogP contribution in [0.1, 0.15) is 50.9 Å². The number of hydrogen-bond donors (Lipinski definition) is 1. The molecule has 5 heteroatoms. The molecule has 0 aliphatic heterocycles. The van der Waals surface area contributed by atoms with E-state index in [0.717, 1.165) is 28.9 Å². The number of fused-ring (bicyclic) bond motifs is 1. The van der Waals surface area contributed by atoms with Crippen molar-refractivity contribution >= 4 is 10.9 Å². The molecule has 29 heavy (non-hydrogen) atoms. The van der Waals surface area contributed by atoms with Gasteiger partial charge in [0.15, 0.2) is 0 Å². The van der Waals surface area contributed by atoms with E-state index in [1.165, 1.54) is 29.4 Å². The lowest BCUT2D eigenvalue weighted by Crippen LogP contribution is -2.15.